The minimum atomic E-state index is -0.0472. The Hall–Kier alpha value is -3.91. The van der Waals surface area contributed by atoms with Gasteiger partial charge in [-0.3, -0.25) is 33.6 Å². The summed E-state index contributed by atoms with van der Waals surface area (Å²) in [6.07, 6.45) is 20.2. The molecule has 11 aliphatic heterocycles. The van der Waals surface area contributed by atoms with Gasteiger partial charge in [0.15, 0.2) is 0 Å². The van der Waals surface area contributed by atoms with E-state index in [1.54, 1.807) is 7.11 Å². The van der Waals surface area contributed by atoms with Gasteiger partial charge in [-0.15, -0.1) is 0 Å². The first-order chi connectivity index (χ1) is 69.7. The first-order valence-electron chi connectivity index (χ1n) is 62.9. The Kier molecular flexibility index (Phi) is 56.6. The summed E-state index contributed by atoms with van der Waals surface area (Å²) < 4.78 is 28.1. The Morgan fingerprint density at radius 2 is 0.620 bits per heavy atom. The van der Waals surface area contributed by atoms with Crippen LogP contribution >= 0.6 is 0 Å². The van der Waals surface area contributed by atoms with Gasteiger partial charge in [-0.25, -0.2) is 0 Å². The van der Waals surface area contributed by atoms with Crippen molar-refractivity contribution in [3.05, 3.63) is 0 Å². The molecule has 150 heavy (non-hydrogen) atoms. The minimum Gasteiger partial charge on any atom is -0.381 e. The third kappa shape index (κ3) is 35.3. The Morgan fingerprint density at radius 3 is 0.920 bits per heavy atom. The van der Waals surface area contributed by atoms with Crippen molar-refractivity contribution in [3.63, 3.8) is 0 Å². The molecule has 32 atom stereocenters. The van der Waals surface area contributed by atoms with Crippen molar-refractivity contribution >= 4 is 41.4 Å². The molecule has 0 radical (unpaired) electrons. The van der Waals surface area contributed by atoms with E-state index in [4.69, 9.17) is 23.7 Å². The molecule has 11 saturated heterocycles. The number of likely N-dealkylation sites (tertiary alicyclic amines) is 7. The van der Waals surface area contributed by atoms with E-state index in [2.05, 4.69) is 367 Å². The molecule has 7 amide bonds. The molecule has 0 spiro atoms. The Bertz CT molecular complexity index is 3840. The molecule has 19 heteroatoms. The number of methoxy groups -OCH3 is 1. The highest BCUT2D eigenvalue weighted by molar-refractivity contribution is 5.84. The third-order valence-electron chi connectivity index (χ3n) is 40.3. The average molecular weight is 2110 g/mol. The van der Waals surface area contributed by atoms with Crippen molar-refractivity contribution in [2.24, 2.45) is 195 Å². The van der Waals surface area contributed by atoms with E-state index < -0.39 is 0 Å². The molecule has 878 valence electrons. The molecule has 0 bridgehead atoms. The fourth-order valence-corrected chi connectivity index (χ4v) is 29.9. The smallest absolute Gasteiger partial charge is 0.229 e. The van der Waals surface area contributed by atoms with Gasteiger partial charge in [0.1, 0.15) is 0 Å². The van der Waals surface area contributed by atoms with Crippen LogP contribution in [0.5, 0.6) is 0 Å². The molecule has 0 aromatic carbocycles. The van der Waals surface area contributed by atoms with Crippen LogP contribution in [-0.4, -0.2) is 225 Å². The summed E-state index contributed by atoms with van der Waals surface area (Å²) in [5.74, 6) is 16.1. The van der Waals surface area contributed by atoms with Gasteiger partial charge >= 0.3 is 0 Å². The molecule has 0 aromatic heterocycles. The van der Waals surface area contributed by atoms with E-state index in [0.717, 1.165) is 149 Å². The summed E-state index contributed by atoms with van der Waals surface area (Å²) in [5.41, 5.74) is 0.0799. The van der Waals surface area contributed by atoms with E-state index in [1.807, 2.05) is 6.92 Å². The van der Waals surface area contributed by atoms with Gasteiger partial charge in [0, 0.05) is 160 Å². The van der Waals surface area contributed by atoms with Crippen LogP contribution in [0, 0.1) is 195 Å². The maximum absolute atomic E-state index is 13.7. The van der Waals surface area contributed by atoms with E-state index in [-0.39, 0.29) is 71.1 Å². The van der Waals surface area contributed by atoms with Gasteiger partial charge < -0.3 is 58.0 Å². The highest BCUT2D eigenvalue weighted by atomic mass is 16.5. The lowest BCUT2D eigenvalue weighted by Gasteiger charge is -2.45. The Labute approximate surface area is 926 Å². The molecule has 0 aromatic rings. The summed E-state index contributed by atoms with van der Waals surface area (Å²) in [6.45, 7) is 114. The van der Waals surface area contributed by atoms with E-state index in [1.165, 1.54) is 6.42 Å². The van der Waals surface area contributed by atoms with Crippen LogP contribution in [0.25, 0.3) is 0 Å². The molecule has 25 unspecified atom stereocenters. The number of nitrogens with zero attached hydrogens (tertiary/aromatic N) is 7. The molecule has 11 fully saturated rings. The van der Waals surface area contributed by atoms with Gasteiger partial charge in [-0.05, 0) is 332 Å². The van der Waals surface area contributed by atoms with Crippen LogP contribution in [0.15, 0.2) is 0 Å². The second-order valence-electron chi connectivity index (χ2n) is 57.1. The van der Waals surface area contributed by atoms with E-state index in [0.29, 0.717) is 268 Å². The zero-order chi connectivity index (χ0) is 114. The summed E-state index contributed by atoms with van der Waals surface area (Å²) in [6, 6.07) is 5.49. The predicted molar refractivity (Wildman–Crippen MR) is 628 cm³/mol. The van der Waals surface area contributed by atoms with E-state index >= 15 is 0 Å². The van der Waals surface area contributed by atoms with Crippen molar-refractivity contribution in [2.45, 2.75) is 558 Å². The van der Waals surface area contributed by atoms with Crippen LogP contribution in [0.3, 0.4) is 0 Å². The maximum atomic E-state index is 13.7. The quantitative estimate of drug-likeness (QED) is 0.0640. The molecular weight excluding hydrogens is 1860 g/mol. The molecule has 0 aliphatic carbocycles. The topological polar surface area (TPSA) is 188 Å². The number of rotatable bonds is 31. The highest BCUT2D eigenvalue weighted by Crippen LogP contribution is 2.50. The summed E-state index contributed by atoms with van der Waals surface area (Å²) in [5, 5.41) is 0. The molecule has 0 N–H and O–H groups in total. The SMILES string of the molecule is CC(C)C(C(=O)N1C(C)C(C)C[C@H]1C(C)C)C1(C)CCOCC1.CC(C)C(C(=O)N1C(C)C(C)C[C@H]1C(C)C)C1CCCOC1.CC(C)C(C(=O)N1C(C)CC[C@H]1C(C)C)C1CCOCC1.CC(C)CC(C(=O)N1C(C)C(C)C[C@H]1C(C)C)C(C)C.CC1CC(C(C(=O)N2C(C)C(C)C[C@H]2C(C)C)C(C)C)CC(C)O1.CCC(C)C(C(=O)N1C(C)C(C)C[C@H]1C(C)C)C(C)C.COC(C)C(C(=O)N1C(C)C(C)C[C@H]1C(C)C)C(C)C. The lowest BCUT2D eigenvalue weighted by atomic mass is 9.66. The fraction of sp³-hybridized carbons (Fsp3) is 0.947. The fourth-order valence-electron chi connectivity index (χ4n) is 29.9. The summed E-state index contributed by atoms with van der Waals surface area (Å²) >= 11 is 0. The van der Waals surface area contributed by atoms with Gasteiger partial charge in [-0.1, -0.05) is 276 Å². The van der Waals surface area contributed by atoms with Crippen LogP contribution in [0.2, 0.25) is 0 Å². The largest absolute Gasteiger partial charge is 0.381 e. The highest BCUT2D eigenvalue weighted by Gasteiger charge is 2.55. The lowest BCUT2D eigenvalue weighted by Crippen LogP contribution is -2.52. The van der Waals surface area contributed by atoms with Crippen LogP contribution < -0.4 is 0 Å². The predicted octanol–water partition coefficient (Wildman–Crippen LogP) is 29.5. The van der Waals surface area contributed by atoms with Crippen molar-refractivity contribution in [3.8, 4) is 0 Å². The molecule has 11 aliphatic rings. The summed E-state index contributed by atoms with van der Waals surface area (Å²) in [4.78, 5) is 109. The minimum absolute atomic E-state index is 0.0292. The van der Waals surface area contributed by atoms with Crippen molar-refractivity contribution < 1.29 is 57.2 Å². The van der Waals surface area contributed by atoms with Crippen molar-refractivity contribution in [1.82, 2.24) is 34.3 Å². The zero-order valence-corrected chi connectivity index (χ0v) is 107. The summed E-state index contributed by atoms with van der Waals surface area (Å²) in [7, 11) is 1.70. The lowest BCUT2D eigenvalue weighted by molar-refractivity contribution is -0.150. The number of amides is 7. The van der Waals surface area contributed by atoms with Crippen molar-refractivity contribution in [1.29, 1.82) is 0 Å². The second kappa shape index (κ2) is 62.2. The van der Waals surface area contributed by atoms with Gasteiger partial charge in [0.2, 0.25) is 41.4 Å². The first kappa shape index (κ1) is 137. The van der Waals surface area contributed by atoms with Gasteiger partial charge in [0.05, 0.1) is 30.8 Å². The maximum Gasteiger partial charge on any atom is 0.229 e. The number of hydrogen-bond acceptors (Lipinski definition) is 12. The monoisotopic (exact) mass is 2110 g/mol. The van der Waals surface area contributed by atoms with Crippen LogP contribution in [0.1, 0.15) is 455 Å². The van der Waals surface area contributed by atoms with Crippen molar-refractivity contribution in [2.75, 3.05) is 46.8 Å². The second-order valence-corrected chi connectivity index (χ2v) is 57.1. The Balaban J connectivity index is 0.000000308. The molecule has 11 heterocycles. The molecule has 0 saturated carbocycles. The molecule has 19 nitrogen and oxygen atoms in total. The number of carbonyl (C=O) groups excluding carboxylic acids is 7. The Morgan fingerprint density at radius 1 is 0.307 bits per heavy atom. The zero-order valence-electron chi connectivity index (χ0n) is 107. The molecule has 11 rings (SSSR count). The third-order valence-corrected chi connectivity index (χ3v) is 40.3. The average Bonchev–Trinajstić information content (AvgIpc) is 1.59. The first-order valence-corrected chi connectivity index (χ1v) is 62.9. The van der Waals surface area contributed by atoms with Gasteiger partial charge in [0.25, 0.3) is 0 Å². The normalized spacial score (nSPS) is 32.2. The van der Waals surface area contributed by atoms with E-state index in [9.17, 15) is 33.6 Å². The number of carbonyl (C=O) groups is 7. The van der Waals surface area contributed by atoms with Gasteiger partial charge in [-0.2, -0.15) is 0 Å². The number of hydrogen-bond donors (Lipinski definition) is 0. The molecular formula is C131H247N7O12. The van der Waals surface area contributed by atoms with Crippen LogP contribution in [0.4, 0.5) is 0 Å². The standard InChI is InChI=1S/C21H39NO2.C20H37NO2.C19H35NO2.C18H33NO2.2C18H35NO.C17H33NO2/c1-12(2)19-9-14(5)17(8)22(19)21(23)20(13(3)4)18-10-15(6)24-16(7)11-18;1-13(2)17-12-15(5)16(6)21(17)19(22)18(14(3)4)20(7)8-10-23-11-9-20;1-12(2)17-10-14(5)15(6)20(17)19(21)18(13(3)4)16-8-7-9-22-11-16;1-12(2)16-7-6-14(5)19(16)18(20)17(13(3)4)15-8-10-21-11-9-15;1-11(2)9-16(12(3)4)18(20)19-15(8)14(7)10-17(19)13(5)6;1-9-13(6)17(12(4)5)18(20)19-15(8)14(7)10-16(19)11(2)3;1-10(2)15-9-12(5)13(6)18(15)17(19)16(11(3)4)14(7)20-8/h12-20H,9-11H2,1-8H3;13-18H,8-12H2,1-7H3;12-18H,7-11H2,1-6H3;12-17H,6-11H2,1-5H3;2*11-17H,9-10H2,1-8H3;10-16H,9H2,1-8H3/t14?,15?,16?,17?,18?,19-,20?;15?,16?,17-,18?;14?,15?,16?,17-,18?;14?,16-,17?;14?,15?,16?,17-;13?,14?,15?,16-,17?;12?,13?,14?,15-,16?/m0000000/s1. The number of ether oxygens (including phenoxy) is 5. The van der Waals surface area contributed by atoms with Crippen LogP contribution in [-0.2, 0) is 57.2 Å².